The summed E-state index contributed by atoms with van der Waals surface area (Å²) in [6.45, 7) is 6.75. The molecule has 20 heavy (non-hydrogen) atoms. The monoisotopic (exact) mass is 311 g/mol. The maximum Gasteiger partial charge on any atom is 0.106 e. The molecule has 0 aromatic heterocycles. The van der Waals surface area contributed by atoms with E-state index in [0.29, 0.717) is 15.9 Å². The van der Waals surface area contributed by atoms with Crippen LogP contribution in [0.25, 0.3) is 0 Å². The largest absolute Gasteiger partial charge is 0.389 e. The highest BCUT2D eigenvalue weighted by Crippen LogP contribution is 2.23. The van der Waals surface area contributed by atoms with Crippen LogP contribution in [0.3, 0.4) is 0 Å². The van der Waals surface area contributed by atoms with E-state index in [2.05, 4.69) is 17.1 Å². The maximum atomic E-state index is 5.99. The summed E-state index contributed by atoms with van der Waals surface area (Å²) >= 11 is 11.1. The average molecular weight is 312 g/mol. The Morgan fingerprint density at radius 3 is 2.75 bits per heavy atom. The Kier molecular flexibility index (Phi) is 5.64. The highest BCUT2D eigenvalue weighted by atomic mass is 35.5. The van der Waals surface area contributed by atoms with Crippen LogP contribution in [-0.2, 0) is 0 Å². The number of likely N-dealkylation sites (tertiary alicyclic amines) is 1. The van der Waals surface area contributed by atoms with E-state index >= 15 is 0 Å². The smallest absolute Gasteiger partial charge is 0.106 e. The van der Waals surface area contributed by atoms with Gasteiger partial charge in [0.15, 0.2) is 0 Å². The summed E-state index contributed by atoms with van der Waals surface area (Å²) < 4.78 is 0. The fourth-order valence-electron chi connectivity index (χ4n) is 2.64. The van der Waals surface area contributed by atoms with E-state index in [1.807, 2.05) is 18.2 Å². The van der Waals surface area contributed by atoms with Crippen molar-refractivity contribution in [3.05, 3.63) is 28.8 Å². The van der Waals surface area contributed by atoms with Crippen molar-refractivity contribution in [3.8, 4) is 0 Å². The van der Waals surface area contributed by atoms with Gasteiger partial charge in [0.1, 0.15) is 4.99 Å². The Bertz CT molecular complexity index is 470. The van der Waals surface area contributed by atoms with Crippen LogP contribution in [0.1, 0.15) is 25.3 Å². The number of rotatable bonds is 5. The van der Waals surface area contributed by atoms with E-state index in [9.17, 15) is 0 Å². The molecule has 3 N–H and O–H groups in total. The molecule has 1 aliphatic heterocycles. The summed E-state index contributed by atoms with van der Waals surface area (Å²) in [5, 5.41) is 4.14. The molecule has 1 heterocycles. The molecule has 0 aliphatic carbocycles. The summed E-state index contributed by atoms with van der Waals surface area (Å²) in [7, 11) is 0. The van der Waals surface area contributed by atoms with Crippen molar-refractivity contribution in [3.63, 3.8) is 0 Å². The van der Waals surface area contributed by atoms with Gasteiger partial charge in [-0.25, -0.2) is 0 Å². The molecule has 0 amide bonds. The molecule has 0 unspecified atom stereocenters. The second-order valence-corrected chi connectivity index (χ2v) is 6.19. The van der Waals surface area contributed by atoms with Gasteiger partial charge in [-0.1, -0.05) is 30.7 Å². The van der Waals surface area contributed by atoms with Crippen LogP contribution in [0.5, 0.6) is 0 Å². The third kappa shape index (κ3) is 4.08. The van der Waals surface area contributed by atoms with Gasteiger partial charge in [0.25, 0.3) is 0 Å². The minimum atomic E-state index is 0.385. The maximum absolute atomic E-state index is 5.99. The lowest BCUT2D eigenvalue weighted by molar-refractivity contribution is 0.198. The van der Waals surface area contributed by atoms with E-state index in [4.69, 9.17) is 29.6 Å². The van der Waals surface area contributed by atoms with E-state index in [-0.39, 0.29) is 0 Å². The predicted octanol–water partition coefficient (Wildman–Crippen LogP) is 3.12. The predicted molar refractivity (Wildman–Crippen MR) is 90.7 cm³/mol. The molecule has 1 aliphatic rings. The number of anilines is 1. The van der Waals surface area contributed by atoms with Gasteiger partial charge in [-0.15, -0.1) is 0 Å². The molecular formula is C15H22ClN3S. The van der Waals surface area contributed by atoms with Crippen molar-refractivity contribution in [2.24, 2.45) is 11.7 Å². The second kappa shape index (κ2) is 7.25. The van der Waals surface area contributed by atoms with Gasteiger partial charge >= 0.3 is 0 Å². The summed E-state index contributed by atoms with van der Waals surface area (Å²) in [5.41, 5.74) is 7.57. The molecule has 110 valence electrons. The molecule has 0 spiro atoms. The van der Waals surface area contributed by atoms with Crippen molar-refractivity contribution in [1.82, 2.24) is 4.90 Å². The van der Waals surface area contributed by atoms with E-state index in [1.54, 1.807) is 0 Å². The SMILES string of the molecule is CCN1CCC(CNc2ccc(Cl)cc2C(N)=S)CC1. The minimum Gasteiger partial charge on any atom is -0.389 e. The van der Waals surface area contributed by atoms with Gasteiger partial charge in [0, 0.05) is 22.8 Å². The first-order valence-electron chi connectivity index (χ1n) is 7.15. The van der Waals surface area contributed by atoms with Gasteiger partial charge in [-0.3, -0.25) is 0 Å². The third-order valence-electron chi connectivity index (χ3n) is 3.98. The fourth-order valence-corrected chi connectivity index (χ4v) is 2.98. The molecule has 1 saturated heterocycles. The number of nitrogens with zero attached hydrogens (tertiary/aromatic N) is 1. The van der Waals surface area contributed by atoms with Crippen molar-refractivity contribution < 1.29 is 0 Å². The molecule has 2 rings (SSSR count). The van der Waals surface area contributed by atoms with Crippen LogP contribution in [0.2, 0.25) is 5.02 Å². The number of hydrogen-bond acceptors (Lipinski definition) is 3. The molecule has 1 fully saturated rings. The van der Waals surface area contributed by atoms with E-state index < -0.39 is 0 Å². The molecule has 0 saturated carbocycles. The van der Waals surface area contributed by atoms with Crippen LogP contribution in [-0.4, -0.2) is 36.1 Å². The molecule has 3 nitrogen and oxygen atoms in total. The van der Waals surface area contributed by atoms with Crippen molar-refractivity contribution >= 4 is 34.5 Å². The number of nitrogens with one attached hydrogen (secondary N) is 1. The lowest BCUT2D eigenvalue weighted by atomic mass is 9.96. The number of piperidine rings is 1. The molecular weight excluding hydrogens is 290 g/mol. The zero-order valence-corrected chi connectivity index (χ0v) is 13.4. The average Bonchev–Trinajstić information content (AvgIpc) is 2.46. The number of nitrogens with two attached hydrogens (primary N) is 1. The van der Waals surface area contributed by atoms with E-state index in [1.165, 1.54) is 25.9 Å². The van der Waals surface area contributed by atoms with Crippen LogP contribution < -0.4 is 11.1 Å². The van der Waals surface area contributed by atoms with Crippen LogP contribution in [0.15, 0.2) is 18.2 Å². The number of benzene rings is 1. The third-order valence-corrected chi connectivity index (χ3v) is 4.44. The van der Waals surface area contributed by atoms with Crippen molar-refractivity contribution in [2.75, 3.05) is 31.5 Å². The second-order valence-electron chi connectivity index (χ2n) is 5.31. The van der Waals surface area contributed by atoms with Crippen LogP contribution in [0, 0.1) is 5.92 Å². The van der Waals surface area contributed by atoms with Gasteiger partial charge in [-0.05, 0) is 56.6 Å². The topological polar surface area (TPSA) is 41.3 Å². The molecule has 1 aromatic rings. The van der Waals surface area contributed by atoms with Crippen LogP contribution >= 0.6 is 23.8 Å². The number of thiocarbonyl (C=S) groups is 1. The minimum absolute atomic E-state index is 0.385. The lowest BCUT2D eigenvalue weighted by Gasteiger charge is -2.31. The Labute approximate surface area is 131 Å². The Morgan fingerprint density at radius 2 is 2.15 bits per heavy atom. The lowest BCUT2D eigenvalue weighted by Crippen LogP contribution is -2.35. The summed E-state index contributed by atoms with van der Waals surface area (Å²) in [4.78, 5) is 2.88. The van der Waals surface area contributed by atoms with Crippen molar-refractivity contribution in [1.29, 1.82) is 0 Å². The Balaban J connectivity index is 1.93. The van der Waals surface area contributed by atoms with Gasteiger partial charge in [0.05, 0.1) is 0 Å². The number of halogens is 1. The zero-order valence-electron chi connectivity index (χ0n) is 11.9. The quantitative estimate of drug-likeness (QED) is 0.820. The molecule has 5 heteroatoms. The molecule has 0 radical (unpaired) electrons. The first-order chi connectivity index (χ1) is 9.60. The van der Waals surface area contributed by atoms with Crippen molar-refractivity contribution in [2.45, 2.75) is 19.8 Å². The Hall–Kier alpha value is -0.840. The Morgan fingerprint density at radius 1 is 1.45 bits per heavy atom. The normalized spacial score (nSPS) is 17.1. The zero-order chi connectivity index (χ0) is 14.5. The summed E-state index contributed by atoms with van der Waals surface area (Å²) in [6, 6.07) is 5.65. The molecule has 1 aromatic carbocycles. The van der Waals surface area contributed by atoms with Gasteiger partial charge in [-0.2, -0.15) is 0 Å². The van der Waals surface area contributed by atoms with Gasteiger partial charge in [0.2, 0.25) is 0 Å². The summed E-state index contributed by atoms with van der Waals surface area (Å²) in [6.07, 6.45) is 2.49. The highest BCUT2D eigenvalue weighted by Gasteiger charge is 2.18. The first-order valence-corrected chi connectivity index (χ1v) is 7.94. The standard InChI is InChI=1S/C15H22ClN3S/c1-2-19-7-5-11(6-8-19)10-18-14-4-3-12(16)9-13(14)15(17)20/h3-4,9,11,18H,2,5-8,10H2,1H3,(H2,17,20). The molecule has 0 bridgehead atoms. The highest BCUT2D eigenvalue weighted by molar-refractivity contribution is 7.80. The van der Waals surface area contributed by atoms with Crippen LogP contribution in [0.4, 0.5) is 5.69 Å². The van der Waals surface area contributed by atoms with Gasteiger partial charge < -0.3 is 16.0 Å². The first kappa shape index (κ1) is 15.5. The number of hydrogen-bond donors (Lipinski definition) is 2. The summed E-state index contributed by atoms with van der Waals surface area (Å²) in [5.74, 6) is 0.715. The fraction of sp³-hybridized carbons (Fsp3) is 0.533. The molecule has 0 atom stereocenters. The van der Waals surface area contributed by atoms with E-state index in [0.717, 1.165) is 24.3 Å².